The Bertz CT molecular complexity index is 574. The summed E-state index contributed by atoms with van der Waals surface area (Å²) in [6.45, 7) is 10.7. The molecule has 0 saturated carbocycles. The summed E-state index contributed by atoms with van der Waals surface area (Å²) >= 11 is 1.93. The highest BCUT2D eigenvalue weighted by Crippen LogP contribution is 2.27. The van der Waals surface area contributed by atoms with Gasteiger partial charge in [-0.1, -0.05) is 0 Å². The van der Waals surface area contributed by atoms with E-state index in [1.54, 1.807) is 0 Å². The highest BCUT2D eigenvalue weighted by atomic mass is 32.1. The van der Waals surface area contributed by atoms with Gasteiger partial charge < -0.3 is 15.4 Å². The van der Waals surface area contributed by atoms with Crippen LogP contribution in [0.4, 0.5) is 0 Å². The fourth-order valence-corrected chi connectivity index (χ4v) is 4.86. The number of aryl methyl sites for hydroxylation is 3. The molecule has 7 heteroatoms. The van der Waals surface area contributed by atoms with Gasteiger partial charge in [0.25, 0.3) is 0 Å². The molecule has 152 valence electrons. The summed E-state index contributed by atoms with van der Waals surface area (Å²) in [5, 5.41) is 8.16. The van der Waals surface area contributed by atoms with Gasteiger partial charge in [-0.05, 0) is 46.0 Å². The molecule has 1 aromatic heterocycles. The van der Waals surface area contributed by atoms with Gasteiger partial charge in [-0.3, -0.25) is 9.89 Å². The lowest BCUT2D eigenvalue weighted by molar-refractivity contribution is 0.0220. The van der Waals surface area contributed by atoms with E-state index >= 15 is 0 Å². The molecule has 1 saturated heterocycles. The fourth-order valence-electron chi connectivity index (χ4n) is 3.66. The van der Waals surface area contributed by atoms with Gasteiger partial charge in [-0.15, -0.1) is 11.3 Å². The number of hydrogen-bond acceptors (Lipinski definition) is 5. The minimum atomic E-state index is 0.450. The second-order valence-corrected chi connectivity index (χ2v) is 8.60. The van der Waals surface area contributed by atoms with Crippen molar-refractivity contribution in [2.75, 3.05) is 45.9 Å². The number of rotatable bonds is 8. The van der Waals surface area contributed by atoms with Crippen LogP contribution in [0.5, 0.6) is 0 Å². The highest BCUT2D eigenvalue weighted by Gasteiger charge is 2.17. The molecule has 2 heterocycles. The quantitative estimate of drug-likeness (QED) is 0.403. The minimum Gasteiger partial charge on any atom is -0.379 e. The molecule has 1 aliphatic carbocycles. The number of aliphatic imine (C=N–C) groups is 1. The van der Waals surface area contributed by atoms with Crippen molar-refractivity contribution in [1.29, 1.82) is 0 Å². The molecule has 1 aliphatic heterocycles. The van der Waals surface area contributed by atoms with E-state index in [1.807, 2.05) is 11.3 Å². The van der Waals surface area contributed by atoms with Crippen molar-refractivity contribution in [2.45, 2.75) is 58.4 Å². The molecule has 0 bridgehead atoms. The molecule has 3 rings (SSSR count). The van der Waals surface area contributed by atoms with Crippen LogP contribution in [-0.2, 0) is 24.0 Å². The van der Waals surface area contributed by atoms with Crippen molar-refractivity contribution in [1.82, 2.24) is 20.5 Å². The van der Waals surface area contributed by atoms with Crippen LogP contribution in [0, 0.1) is 0 Å². The third-order valence-electron chi connectivity index (χ3n) is 5.28. The molecule has 0 amide bonds. The molecule has 1 unspecified atom stereocenters. The maximum Gasteiger partial charge on any atom is 0.191 e. The fraction of sp³-hybridized carbons (Fsp3) is 0.800. The van der Waals surface area contributed by atoms with E-state index in [0.717, 1.165) is 64.7 Å². The Kier molecular flexibility index (Phi) is 8.35. The molecule has 1 fully saturated rings. The number of ether oxygens (including phenoxy) is 1. The van der Waals surface area contributed by atoms with Crippen LogP contribution in [0.1, 0.15) is 48.7 Å². The van der Waals surface area contributed by atoms with Crippen molar-refractivity contribution in [3.05, 3.63) is 15.6 Å². The predicted octanol–water partition coefficient (Wildman–Crippen LogP) is 2.23. The van der Waals surface area contributed by atoms with Gasteiger partial charge in [0.15, 0.2) is 5.96 Å². The van der Waals surface area contributed by atoms with E-state index in [0.29, 0.717) is 6.04 Å². The number of hydrogen-bond donors (Lipinski definition) is 2. The maximum absolute atomic E-state index is 5.44. The van der Waals surface area contributed by atoms with E-state index in [2.05, 4.69) is 29.4 Å². The first kappa shape index (κ1) is 20.6. The molecule has 2 aliphatic rings. The van der Waals surface area contributed by atoms with Crippen LogP contribution in [-0.4, -0.2) is 67.8 Å². The average molecular weight is 394 g/mol. The van der Waals surface area contributed by atoms with Crippen molar-refractivity contribution >= 4 is 17.3 Å². The van der Waals surface area contributed by atoms with E-state index < -0.39 is 0 Å². The van der Waals surface area contributed by atoms with E-state index in [1.165, 1.54) is 41.3 Å². The zero-order valence-corrected chi connectivity index (χ0v) is 17.7. The molecule has 2 N–H and O–H groups in total. The van der Waals surface area contributed by atoms with E-state index in [9.17, 15) is 0 Å². The number of nitrogens with zero attached hydrogens (tertiary/aromatic N) is 3. The van der Waals surface area contributed by atoms with Gasteiger partial charge in [-0.25, -0.2) is 4.98 Å². The Balaban J connectivity index is 1.40. The summed E-state index contributed by atoms with van der Waals surface area (Å²) in [5.41, 5.74) is 1.38. The number of fused-ring (bicyclic) bond motifs is 1. The largest absolute Gasteiger partial charge is 0.379 e. The Morgan fingerprint density at radius 3 is 2.85 bits per heavy atom. The van der Waals surface area contributed by atoms with Gasteiger partial charge >= 0.3 is 0 Å². The summed E-state index contributed by atoms with van der Waals surface area (Å²) in [6, 6.07) is 0.450. The Hall–Kier alpha value is -1.18. The first-order chi connectivity index (χ1) is 13.3. The zero-order valence-electron chi connectivity index (χ0n) is 16.9. The molecular weight excluding hydrogens is 358 g/mol. The summed E-state index contributed by atoms with van der Waals surface area (Å²) in [6.07, 6.45) is 7.22. The summed E-state index contributed by atoms with van der Waals surface area (Å²) in [7, 11) is 0. The Morgan fingerprint density at radius 2 is 2.07 bits per heavy atom. The normalized spacial score (nSPS) is 19.6. The maximum atomic E-state index is 5.44. The predicted molar refractivity (Wildman–Crippen MR) is 113 cm³/mol. The third-order valence-corrected chi connectivity index (χ3v) is 6.49. The molecule has 0 spiro atoms. The van der Waals surface area contributed by atoms with Crippen molar-refractivity contribution in [3.63, 3.8) is 0 Å². The summed E-state index contributed by atoms with van der Waals surface area (Å²) in [5.74, 6) is 0.927. The van der Waals surface area contributed by atoms with Crippen molar-refractivity contribution in [2.24, 2.45) is 4.99 Å². The molecule has 6 nitrogen and oxygen atoms in total. The molecule has 0 aromatic carbocycles. The van der Waals surface area contributed by atoms with Crippen LogP contribution < -0.4 is 10.6 Å². The molecule has 0 radical (unpaired) electrons. The number of aromatic nitrogens is 1. The second kappa shape index (κ2) is 11.0. The molecule has 1 aromatic rings. The smallest absolute Gasteiger partial charge is 0.191 e. The van der Waals surface area contributed by atoms with Crippen LogP contribution in [0.25, 0.3) is 0 Å². The van der Waals surface area contributed by atoms with Crippen LogP contribution >= 0.6 is 11.3 Å². The van der Waals surface area contributed by atoms with Gasteiger partial charge in [0.2, 0.25) is 0 Å². The standard InChI is InChI=1S/C20H35N5OS/c1-3-21-20(23-15-16(2)25-11-13-26-14-12-25)22-10-6-9-19-24-17-7-4-5-8-18(17)27-19/h16H,3-15H2,1-2H3,(H2,21,22,23). The Labute approximate surface area is 167 Å². The van der Waals surface area contributed by atoms with Crippen LogP contribution in [0.3, 0.4) is 0 Å². The van der Waals surface area contributed by atoms with Gasteiger partial charge in [0, 0.05) is 43.5 Å². The molecule has 1 atom stereocenters. The van der Waals surface area contributed by atoms with Gasteiger partial charge in [0.1, 0.15) is 0 Å². The number of morpholine rings is 1. The second-order valence-electron chi connectivity index (χ2n) is 7.43. The summed E-state index contributed by atoms with van der Waals surface area (Å²) < 4.78 is 5.44. The van der Waals surface area contributed by atoms with Gasteiger partial charge in [0.05, 0.1) is 30.5 Å². The number of nitrogens with one attached hydrogen (secondary N) is 2. The first-order valence-corrected chi connectivity index (χ1v) is 11.4. The van der Waals surface area contributed by atoms with Gasteiger partial charge in [-0.2, -0.15) is 0 Å². The lowest BCUT2D eigenvalue weighted by Gasteiger charge is -2.31. The molecular formula is C20H35N5OS. The summed E-state index contributed by atoms with van der Waals surface area (Å²) in [4.78, 5) is 13.6. The highest BCUT2D eigenvalue weighted by molar-refractivity contribution is 7.11. The minimum absolute atomic E-state index is 0.450. The van der Waals surface area contributed by atoms with Crippen LogP contribution in [0.2, 0.25) is 0 Å². The number of guanidine groups is 1. The van der Waals surface area contributed by atoms with Crippen molar-refractivity contribution < 1.29 is 4.74 Å². The third kappa shape index (κ3) is 6.43. The SMILES string of the molecule is CCNC(=NCC(C)N1CCOCC1)NCCCc1nc2c(s1)CCCC2. The van der Waals surface area contributed by atoms with E-state index in [-0.39, 0.29) is 0 Å². The Morgan fingerprint density at radius 1 is 1.26 bits per heavy atom. The number of thiazole rings is 1. The lowest BCUT2D eigenvalue weighted by Crippen LogP contribution is -2.44. The monoisotopic (exact) mass is 393 g/mol. The average Bonchev–Trinajstić information content (AvgIpc) is 3.12. The first-order valence-electron chi connectivity index (χ1n) is 10.6. The lowest BCUT2D eigenvalue weighted by atomic mass is 10.0. The zero-order chi connectivity index (χ0) is 18.9. The topological polar surface area (TPSA) is 61.8 Å². The van der Waals surface area contributed by atoms with Crippen LogP contribution in [0.15, 0.2) is 4.99 Å². The van der Waals surface area contributed by atoms with E-state index in [4.69, 9.17) is 14.7 Å². The molecule has 27 heavy (non-hydrogen) atoms. The van der Waals surface area contributed by atoms with Crippen molar-refractivity contribution in [3.8, 4) is 0 Å².